The zero-order valence-corrected chi connectivity index (χ0v) is 12.0. The quantitative estimate of drug-likeness (QED) is 0.474. The van der Waals surface area contributed by atoms with E-state index in [1.807, 2.05) is 5.32 Å². The van der Waals surface area contributed by atoms with Crippen LogP contribution in [0.4, 0.5) is 11.5 Å². The number of halogens is 1. The summed E-state index contributed by atoms with van der Waals surface area (Å²) in [6, 6.07) is 4.54. The number of nitrogens with zero attached hydrogens (tertiary/aromatic N) is 2. The molecule has 0 unspecified atom stereocenters. The van der Waals surface area contributed by atoms with Crippen molar-refractivity contribution in [2.75, 3.05) is 5.73 Å². The molecule has 2 amide bonds. The number of imide groups is 1. The lowest BCUT2D eigenvalue weighted by molar-refractivity contribution is -0.384. The molecule has 116 valence electrons. The number of hydrogen-bond donors (Lipinski definition) is 2. The van der Waals surface area contributed by atoms with E-state index in [0.717, 1.165) is 16.7 Å². The maximum atomic E-state index is 12.2. The maximum absolute atomic E-state index is 12.2. The average molecular weight is 335 g/mol. The van der Waals surface area contributed by atoms with Crippen LogP contribution in [0.1, 0.15) is 20.7 Å². The second kappa shape index (κ2) is 4.92. The van der Waals surface area contributed by atoms with E-state index >= 15 is 0 Å². The van der Waals surface area contributed by atoms with Gasteiger partial charge in [-0.2, -0.15) is 0 Å². The highest BCUT2D eigenvalue weighted by Crippen LogP contribution is 2.29. The Kier molecular flexibility index (Phi) is 3.15. The van der Waals surface area contributed by atoms with Gasteiger partial charge in [0.25, 0.3) is 23.1 Å². The number of fused-ring (bicyclic) bond motifs is 1. The molecule has 0 aliphatic carbocycles. The summed E-state index contributed by atoms with van der Waals surface area (Å²) in [7, 11) is 0. The summed E-state index contributed by atoms with van der Waals surface area (Å²) in [6.45, 7) is 0. The van der Waals surface area contributed by atoms with Gasteiger partial charge in [0.15, 0.2) is 0 Å². The molecule has 0 saturated carbocycles. The molecule has 3 N–H and O–H groups in total. The van der Waals surface area contributed by atoms with Crippen LogP contribution in [0.25, 0.3) is 5.69 Å². The number of hydrogen-bond acceptors (Lipinski definition) is 6. The highest BCUT2D eigenvalue weighted by molar-refractivity contribution is 6.30. The van der Waals surface area contributed by atoms with E-state index in [4.69, 9.17) is 17.3 Å². The van der Waals surface area contributed by atoms with Gasteiger partial charge in [-0.3, -0.25) is 34.4 Å². The third kappa shape index (κ3) is 2.14. The zero-order chi connectivity index (χ0) is 16.9. The Balaban J connectivity index is 2.38. The van der Waals surface area contributed by atoms with Crippen LogP contribution in [0.5, 0.6) is 0 Å². The van der Waals surface area contributed by atoms with Gasteiger partial charge in [-0.1, -0.05) is 11.6 Å². The van der Waals surface area contributed by atoms with Crippen LogP contribution in [0, 0.1) is 10.1 Å². The van der Waals surface area contributed by atoms with E-state index in [1.54, 1.807) is 0 Å². The number of pyridine rings is 1. The van der Waals surface area contributed by atoms with Gasteiger partial charge in [-0.15, -0.1) is 0 Å². The molecular weight excluding hydrogens is 328 g/mol. The summed E-state index contributed by atoms with van der Waals surface area (Å²) in [4.78, 5) is 46.1. The molecule has 9 nitrogen and oxygen atoms in total. The number of nitrogen functional groups attached to an aromatic ring is 1. The number of aromatic nitrogens is 1. The lowest BCUT2D eigenvalue weighted by atomic mass is 10.1. The fourth-order valence-corrected chi connectivity index (χ4v) is 2.53. The monoisotopic (exact) mass is 334 g/mol. The molecule has 10 heteroatoms. The molecule has 2 aromatic rings. The maximum Gasteiger partial charge on any atom is 0.294 e. The van der Waals surface area contributed by atoms with Crippen molar-refractivity contribution in [2.45, 2.75) is 0 Å². The largest absolute Gasteiger partial charge is 0.384 e. The van der Waals surface area contributed by atoms with Crippen LogP contribution >= 0.6 is 11.6 Å². The number of nitro benzene ring substituents is 1. The molecular formula is C13H7ClN4O5. The molecule has 1 aliphatic heterocycles. The number of benzene rings is 1. The first-order valence-corrected chi connectivity index (χ1v) is 6.54. The number of carbonyl (C=O) groups excluding carboxylic acids is 2. The van der Waals surface area contributed by atoms with Crippen LogP contribution in [-0.4, -0.2) is 21.3 Å². The molecule has 23 heavy (non-hydrogen) atoms. The average Bonchev–Trinajstić information content (AvgIpc) is 2.74. The predicted molar refractivity (Wildman–Crippen MR) is 79.9 cm³/mol. The second-order valence-electron chi connectivity index (χ2n) is 4.67. The molecule has 0 radical (unpaired) electrons. The third-order valence-electron chi connectivity index (χ3n) is 3.33. The Morgan fingerprint density at radius 1 is 1.17 bits per heavy atom. The topological polar surface area (TPSA) is 137 Å². The van der Waals surface area contributed by atoms with E-state index in [0.29, 0.717) is 0 Å². The Labute approximate surface area is 132 Å². The van der Waals surface area contributed by atoms with Crippen molar-refractivity contribution in [2.24, 2.45) is 0 Å². The smallest absolute Gasteiger partial charge is 0.294 e. The summed E-state index contributed by atoms with van der Waals surface area (Å²) < 4.78 is 0.797. The summed E-state index contributed by atoms with van der Waals surface area (Å²) >= 11 is 5.73. The second-order valence-corrected chi connectivity index (χ2v) is 5.10. The van der Waals surface area contributed by atoms with Gasteiger partial charge in [-0.05, 0) is 12.1 Å². The third-order valence-corrected chi connectivity index (χ3v) is 3.56. The summed E-state index contributed by atoms with van der Waals surface area (Å²) in [6.07, 6.45) is 0. The van der Waals surface area contributed by atoms with Gasteiger partial charge >= 0.3 is 0 Å². The first-order chi connectivity index (χ1) is 10.8. The van der Waals surface area contributed by atoms with E-state index in [9.17, 15) is 24.5 Å². The number of nitrogens with two attached hydrogens (primary N) is 1. The number of nitro groups is 1. The van der Waals surface area contributed by atoms with Gasteiger partial charge in [0, 0.05) is 17.2 Å². The fraction of sp³-hybridized carbons (Fsp3) is 0. The van der Waals surface area contributed by atoms with Crippen LogP contribution in [0.2, 0.25) is 5.02 Å². The van der Waals surface area contributed by atoms with Crippen molar-refractivity contribution in [3.63, 3.8) is 0 Å². The molecule has 2 heterocycles. The minimum Gasteiger partial charge on any atom is -0.384 e. The minimum atomic E-state index is -0.781. The van der Waals surface area contributed by atoms with Crippen LogP contribution in [0.3, 0.4) is 0 Å². The van der Waals surface area contributed by atoms with Crippen LogP contribution in [-0.2, 0) is 0 Å². The summed E-state index contributed by atoms with van der Waals surface area (Å²) in [5, 5.41) is 13.3. The summed E-state index contributed by atoms with van der Waals surface area (Å²) in [5.74, 6) is -1.87. The number of carbonyl (C=O) groups is 2. The van der Waals surface area contributed by atoms with Crippen LogP contribution < -0.4 is 16.6 Å². The first kappa shape index (κ1) is 14.7. The fourth-order valence-electron chi connectivity index (χ4n) is 2.36. The lowest BCUT2D eigenvalue weighted by Gasteiger charge is -2.12. The van der Waals surface area contributed by atoms with Crippen molar-refractivity contribution < 1.29 is 14.5 Å². The molecule has 1 aromatic heterocycles. The molecule has 0 atom stereocenters. The van der Waals surface area contributed by atoms with Crippen molar-refractivity contribution in [3.05, 3.63) is 60.9 Å². The van der Waals surface area contributed by atoms with Gasteiger partial charge in [0.05, 0.1) is 16.1 Å². The predicted octanol–water partition coefficient (Wildman–Crippen LogP) is 0.865. The molecule has 0 saturated heterocycles. The highest BCUT2D eigenvalue weighted by Gasteiger charge is 2.33. The lowest BCUT2D eigenvalue weighted by Crippen LogP contribution is -2.24. The van der Waals surface area contributed by atoms with Gasteiger partial charge in [0.2, 0.25) is 0 Å². The van der Waals surface area contributed by atoms with Crippen LogP contribution in [0.15, 0.2) is 29.1 Å². The van der Waals surface area contributed by atoms with E-state index < -0.39 is 28.0 Å². The molecule has 3 rings (SSSR count). The Bertz CT molecular complexity index is 966. The number of rotatable bonds is 2. The molecule has 1 aromatic carbocycles. The molecule has 1 aliphatic rings. The molecule has 0 bridgehead atoms. The number of anilines is 1. The van der Waals surface area contributed by atoms with E-state index in [1.165, 1.54) is 12.1 Å². The summed E-state index contributed by atoms with van der Waals surface area (Å²) in [5.41, 5.74) is 4.07. The van der Waals surface area contributed by atoms with E-state index in [-0.39, 0.29) is 27.7 Å². The SMILES string of the molecule is Nc1c2c(cc(=O)n1-c1ccc(Cl)cc1[N+](=O)[O-])C(=O)NC2=O. The Hall–Kier alpha value is -3.20. The van der Waals surface area contributed by atoms with Crippen molar-refractivity contribution in [1.29, 1.82) is 0 Å². The zero-order valence-electron chi connectivity index (χ0n) is 11.2. The molecule has 0 spiro atoms. The van der Waals surface area contributed by atoms with E-state index in [2.05, 4.69) is 0 Å². The number of amides is 2. The Morgan fingerprint density at radius 3 is 2.52 bits per heavy atom. The van der Waals surface area contributed by atoms with Gasteiger partial charge in [0.1, 0.15) is 11.5 Å². The van der Waals surface area contributed by atoms with Crippen molar-refractivity contribution >= 4 is 34.9 Å². The minimum absolute atomic E-state index is 0.0983. The van der Waals surface area contributed by atoms with Crippen molar-refractivity contribution in [3.8, 4) is 5.69 Å². The Morgan fingerprint density at radius 2 is 1.87 bits per heavy atom. The normalized spacial score (nSPS) is 12.9. The molecule has 0 fully saturated rings. The number of nitrogens with one attached hydrogen (secondary N) is 1. The standard InChI is InChI=1S/C13H7ClN4O5/c14-5-1-2-7(8(3-5)18(22)23)17-9(19)4-6-10(11(17)15)13(21)16-12(6)20/h1-4H,15H2,(H,16,20,21). The van der Waals surface area contributed by atoms with Gasteiger partial charge < -0.3 is 5.73 Å². The highest BCUT2D eigenvalue weighted by atomic mass is 35.5. The van der Waals surface area contributed by atoms with Crippen molar-refractivity contribution in [1.82, 2.24) is 9.88 Å². The van der Waals surface area contributed by atoms with Gasteiger partial charge in [-0.25, -0.2) is 0 Å². The first-order valence-electron chi connectivity index (χ1n) is 6.16.